The summed E-state index contributed by atoms with van der Waals surface area (Å²) in [6.07, 6.45) is 7.18. The molecular formula is C19H20Cl2N4O2. The van der Waals surface area contributed by atoms with Crippen molar-refractivity contribution < 1.29 is 9.53 Å². The van der Waals surface area contributed by atoms with Gasteiger partial charge in [0.1, 0.15) is 0 Å². The first-order chi connectivity index (χ1) is 13.1. The summed E-state index contributed by atoms with van der Waals surface area (Å²) >= 11 is 12.0. The molecule has 8 heteroatoms. The lowest BCUT2D eigenvalue weighted by atomic mass is 10.1. The summed E-state index contributed by atoms with van der Waals surface area (Å²) in [5, 5.41) is 3.84. The number of hydrogen-bond acceptors (Lipinski definition) is 5. The van der Waals surface area contributed by atoms with Crippen LogP contribution in [0.5, 0.6) is 0 Å². The summed E-state index contributed by atoms with van der Waals surface area (Å²) in [5.41, 5.74) is 7.72. The van der Waals surface area contributed by atoms with Crippen molar-refractivity contribution >= 4 is 34.7 Å². The molecule has 0 bridgehead atoms. The molecule has 1 atom stereocenters. The zero-order chi connectivity index (χ0) is 19.2. The van der Waals surface area contributed by atoms with Crippen molar-refractivity contribution in [3.63, 3.8) is 0 Å². The molecule has 0 saturated carbocycles. The highest BCUT2D eigenvalue weighted by Crippen LogP contribution is 2.23. The molecular weight excluding hydrogens is 387 g/mol. The van der Waals surface area contributed by atoms with E-state index in [4.69, 9.17) is 33.7 Å². The van der Waals surface area contributed by atoms with Gasteiger partial charge in [0.25, 0.3) is 5.91 Å². The topological polar surface area (TPSA) is 90.1 Å². The maximum atomic E-state index is 12.4. The standard InChI is InChI=1S/C19H20Cl2N4O2/c20-16-4-3-12(7-17(16)21)6-13-9-23-18(24-10-13)15(8-22)19(26)25-11-14-2-1-5-27-14/h3-4,7-10,14H,1-2,5-6,11,22H2,(H,25,26)/b15-8+. The molecule has 2 heterocycles. The van der Waals surface area contributed by atoms with Crippen LogP contribution in [0.3, 0.4) is 0 Å². The Kier molecular flexibility index (Phi) is 6.66. The van der Waals surface area contributed by atoms with Crippen molar-refractivity contribution in [3.05, 3.63) is 63.8 Å². The molecule has 2 aromatic rings. The van der Waals surface area contributed by atoms with Gasteiger partial charge in [-0.15, -0.1) is 0 Å². The van der Waals surface area contributed by atoms with Gasteiger partial charge in [0.15, 0.2) is 5.82 Å². The number of carbonyl (C=O) groups is 1. The van der Waals surface area contributed by atoms with Gasteiger partial charge in [-0.05, 0) is 36.1 Å². The average molecular weight is 407 g/mol. The predicted octanol–water partition coefficient (Wildman–Crippen LogP) is 2.97. The summed E-state index contributed by atoms with van der Waals surface area (Å²) in [7, 11) is 0. The van der Waals surface area contributed by atoms with E-state index < -0.39 is 0 Å². The molecule has 3 rings (SSSR count). The van der Waals surface area contributed by atoms with Crippen LogP contribution >= 0.6 is 23.2 Å². The second-order valence-corrected chi connectivity index (χ2v) is 7.08. The lowest BCUT2D eigenvalue weighted by molar-refractivity contribution is -0.116. The van der Waals surface area contributed by atoms with E-state index >= 15 is 0 Å². The lowest BCUT2D eigenvalue weighted by Crippen LogP contribution is -2.33. The van der Waals surface area contributed by atoms with Gasteiger partial charge >= 0.3 is 0 Å². The van der Waals surface area contributed by atoms with Gasteiger partial charge in [-0.2, -0.15) is 0 Å². The number of ether oxygens (including phenoxy) is 1. The molecule has 6 nitrogen and oxygen atoms in total. The Bertz CT molecular complexity index is 834. The van der Waals surface area contributed by atoms with E-state index in [0.29, 0.717) is 23.0 Å². The van der Waals surface area contributed by atoms with Crippen molar-refractivity contribution in [2.45, 2.75) is 25.4 Å². The van der Waals surface area contributed by atoms with Crippen LogP contribution in [0.15, 0.2) is 36.8 Å². The van der Waals surface area contributed by atoms with Gasteiger partial charge in [0, 0.05) is 38.2 Å². The second kappa shape index (κ2) is 9.17. The highest BCUT2D eigenvalue weighted by molar-refractivity contribution is 6.42. The van der Waals surface area contributed by atoms with Crippen molar-refractivity contribution in [3.8, 4) is 0 Å². The summed E-state index contributed by atoms with van der Waals surface area (Å²) < 4.78 is 5.50. The van der Waals surface area contributed by atoms with Gasteiger partial charge < -0.3 is 15.8 Å². The first-order valence-corrected chi connectivity index (χ1v) is 9.39. The molecule has 0 spiro atoms. The normalized spacial score (nSPS) is 17.1. The lowest BCUT2D eigenvalue weighted by Gasteiger charge is -2.12. The third kappa shape index (κ3) is 5.19. The zero-order valence-corrected chi connectivity index (χ0v) is 16.1. The van der Waals surface area contributed by atoms with Crippen LogP contribution in [0.25, 0.3) is 5.57 Å². The van der Waals surface area contributed by atoms with E-state index in [1.54, 1.807) is 18.5 Å². The maximum Gasteiger partial charge on any atom is 0.256 e. The van der Waals surface area contributed by atoms with Crippen LogP contribution in [-0.2, 0) is 16.0 Å². The number of nitrogens with one attached hydrogen (secondary N) is 1. The van der Waals surface area contributed by atoms with Gasteiger partial charge in [0.2, 0.25) is 0 Å². The quantitative estimate of drug-likeness (QED) is 0.719. The Morgan fingerprint density at radius 3 is 2.67 bits per heavy atom. The van der Waals surface area contributed by atoms with E-state index in [1.807, 2.05) is 12.1 Å². The van der Waals surface area contributed by atoms with Gasteiger partial charge in [-0.25, -0.2) is 9.97 Å². The van der Waals surface area contributed by atoms with E-state index in [9.17, 15) is 4.79 Å². The fourth-order valence-corrected chi connectivity index (χ4v) is 3.15. The highest BCUT2D eigenvalue weighted by Gasteiger charge is 2.19. The van der Waals surface area contributed by atoms with Crippen LogP contribution in [0.2, 0.25) is 10.0 Å². The number of amides is 1. The van der Waals surface area contributed by atoms with Gasteiger partial charge in [0.05, 0.1) is 21.7 Å². The van der Waals surface area contributed by atoms with Crippen molar-refractivity contribution in [1.29, 1.82) is 0 Å². The predicted molar refractivity (Wildman–Crippen MR) is 105 cm³/mol. The van der Waals surface area contributed by atoms with E-state index in [-0.39, 0.29) is 23.4 Å². The fourth-order valence-electron chi connectivity index (χ4n) is 2.83. The molecule has 1 aromatic heterocycles. The molecule has 1 unspecified atom stereocenters. The number of carbonyl (C=O) groups excluding carboxylic acids is 1. The fraction of sp³-hybridized carbons (Fsp3) is 0.316. The van der Waals surface area contributed by atoms with E-state index in [0.717, 1.165) is 30.6 Å². The number of rotatable bonds is 6. The molecule has 142 valence electrons. The Morgan fingerprint density at radius 1 is 1.26 bits per heavy atom. The minimum absolute atomic E-state index is 0.0578. The number of halogens is 2. The molecule has 0 radical (unpaired) electrons. The minimum Gasteiger partial charge on any atom is -0.404 e. The summed E-state index contributed by atoms with van der Waals surface area (Å²) in [6.45, 7) is 1.19. The maximum absolute atomic E-state index is 12.4. The van der Waals surface area contributed by atoms with Crippen LogP contribution in [0.1, 0.15) is 29.8 Å². The molecule has 0 aliphatic carbocycles. The van der Waals surface area contributed by atoms with Gasteiger partial charge in [-0.3, -0.25) is 4.79 Å². The van der Waals surface area contributed by atoms with Crippen molar-refractivity contribution in [1.82, 2.24) is 15.3 Å². The van der Waals surface area contributed by atoms with Crippen LogP contribution in [0, 0.1) is 0 Å². The number of nitrogens with two attached hydrogens (primary N) is 1. The molecule has 1 aliphatic heterocycles. The largest absolute Gasteiger partial charge is 0.404 e. The van der Waals surface area contributed by atoms with Crippen molar-refractivity contribution in [2.24, 2.45) is 5.73 Å². The Hall–Kier alpha value is -2.15. The van der Waals surface area contributed by atoms with E-state index in [1.165, 1.54) is 6.20 Å². The van der Waals surface area contributed by atoms with Crippen LogP contribution < -0.4 is 11.1 Å². The molecule has 1 amide bonds. The SMILES string of the molecule is N/C=C(/C(=O)NCC1CCCO1)c1ncc(Cc2ccc(Cl)c(Cl)c2)cn1. The molecule has 27 heavy (non-hydrogen) atoms. The Balaban J connectivity index is 1.63. The summed E-state index contributed by atoms with van der Waals surface area (Å²) in [4.78, 5) is 20.9. The van der Waals surface area contributed by atoms with E-state index in [2.05, 4.69) is 15.3 Å². The molecule has 1 fully saturated rings. The monoisotopic (exact) mass is 406 g/mol. The number of aromatic nitrogens is 2. The zero-order valence-electron chi connectivity index (χ0n) is 14.6. The smallest absolute Gasteiger partial charge is 0.256 e. The third-order valence-electron chi connectivity index (χ3n) is 4.26. The highest BCUT2D eigenvalue weighted by atomic mass is 35.5. The summed E-state index contributed by atoms with van der Waals surface area (Å²) in [5.74, 6) is -0.0366. The van der Waals surface area contributed by atoms with Gasteiger partial charge in [-0.1, -0.05) is 29.3 Å². The summed E-state index contributed by atoms with van der Waals surface area (Å²) in [6, 6.07) is 5.45. The first-order valence-electron chi connectivity index (χ1n) is 8.63. The molecule has 1 saturated heterocycles. The molecule has 1 aromatic carbocycles. The first kappa shape index (κ1) is 19.6. The van der Waals surface area contributed by atoms with Crippen LogP contribution in [0.4, 0.5) is 0 Å². The molecule has 1 aliphatic rings. The Morgan fingerprint density at radius 2 is 2.04 bits per heavy atom. The third-order valence-corrected chi connectivity index (χ3v) is 5.00. The second-order valence-electron chi connectivity index (χ2n) is 6.27. The number of benzene rings is 1. The Labute approximate surface area is 167 Å². The number of nitrogens with zero attached hydrogens (tertiary/aromatic N) is 2. The number of hydrogen-bond donors (Lipinski definition) is 2. The van der Waals surface area contributed by atoms with Crippen LogP contribution in [-0.4, -0.2) is 35.1 Å². The average Bonchev–Trinajstić information content (AvgIpc) is 3.19. The minimum atomic E-state index is -0.315. The molecule has 3 N–H and O–H groups in total. The van der Waals surface area contributed by atoms with Crippen molar-refractivity contribution in [2.75, 3.05) is 13.2 Å².